The van der Waals surface area contributed by atoms with Gasteiger partial charge >= 0.3 is 0 Å². The number of carbonyl (C=O) groups is 1. The van der Waals surface area contributed by atoms with Crippen LogP contribution in [0.5, 0.6) is 0 Å². The van der Waals surface area contributed by atoms with Crippen molar-refractivity contribution in [3.8, 4) is 0 Å². The number of likely N-dealkylation sites (tertiary alicyclic amines) is 1. The van der Waals surface area contributed by atoms with Gasteiger partial charge in [-0.1, -0.05) is 18.6 Å². The van der Waals surface area contributed by atoms with Gasteiger partial charge in [-0.2, -0.15) is 0 Å². The van der Waals surface area contributed by atoms with Gasteiger partial charge in [0.1, 0.15) is 11.4 Å². The maximum Gasteiger partial charge on any atom is 0.260 e. The molecule has 3 saturated heterocycles. The second-order valence-electron chi connectivity index (χ2n) is 9.08. The van der Waals surface area contributed by atoms with Crippen molar-refractivity contribution in [1.82, 2.24) is 14.8 Å². The molecule has 0 unspecified atom stereocenters. The molecule has 5 rings (SSSR count). The molecular formula is C24H28FN3O2. The van der Waals surface area contributed by atoms with Gasteiger partial charge in [0.2, 0.25) is 0 Å². The van der Waals surface area contributed by atoms with E-state index in [9.17, 15) is 14.0 Å². The predicted octanol–water partition coefficient (Wildman–Crippen LogP) is 3.07. The molecule has 158 valence electrons. The molecule has 30 heavy (non-hydrogen) atoms. The summed E-state index contributed by atoms with van der Waals surface area (Å²) in [5.41, 5.74) is 0.916. The van der Waals surface area contributed by atoms with Crippen LogP contribution in [-0.4, -0.2) is 52.4 Å². The van der Waals surface area contributed by atoms with Crippen LogP contribution in [0.2, 0.25) is 0 Å². The maximum atomic E-state index is 13.8. The number of carbonyl (C=O) groups excluding carboxylic acids is 1. The highest BCUT2D eigenvalue weighted by Gasteiger charge is 2.47. The van der Waals surface area contributed by atoms with Crippen molar-refractivity contribution in [1.29, 1.82) is 0 Å². The summed E-state index contributed by atoms with van der Waals surface area (Å²) in [5.74, 6) is 0.424. The summed E-state index contributed by atoms with van der Waals surface area (Å²) in [5, 5.41) is 0. The van der Waals surface area contributed by atoms with E-state index in [0.717, 1.165) is 37.9 Å². The number of aromatic nitrogens is 1. The SMILES string of the molecule is O=C(c1ccc[nH]c1=O)N1C[C@H]2C[C@@H](C1)[C@H](Cc1cccc(F)c1)N1CCCC[C@@H]21. The normalized spacial score (nSPS) is 28.8. The summed E-state index contributed by atoms with van der Waals surface area (Å²) in [6.07, 6.45) is 7.05. The molecule has 3 aliphatic rings. The van der Waals surface area contributed by atoms with Crippen molar-refractivity contribution in [2.24, 2.45) is 11.8 Å². The van der Waals surface area contributed by atoms with Crippen molar-refractivity contribution in [2.45, 2.75) is 44.2 Å². The summed E-state index contributed by atoms with van der Waals surface area (Å²) in [4.78, 5) is 32.5. The molecular weight excluding hydrogens is 381 g/mol. The zero-order chi connectivity index (χ0) is 20.7. The molecule has 1 amide bonds. The van der Waals surface area contributed by atoms with E-state index in [-0.39, 0.29) is 22.8 Å². The zero-order valence-corrected chi connectivity index (χ0v) is 17.1. The third kappa shape index (κ3) is 3.58. The van der Waals surface area contributed by atoms with E-state index in [1.54, 1.807) is 30.5 Å². The minimum atomic E-state index is -0.325. The number of fused-ring (bicyclic) bond motifs is 4. The van der Waals surface area contributed by atoms with Crippen LogP contribution in [-0.2, 0) is 6.42 Å². The van der Waals surface area contributed by atoms with Crippen LogP contribution < -0.4 is 5.56 Å². The quantitative estimate of drug-likeness (QED) is 0.848. The number of amides is 1. The van der Waals surface area contributed by atoms with Gasteiger partial charge in [-0.05, 0) is 73.9 Å². The van der Waals surface area contributed by atoms with Gasteiger partial charge in [0.05, 0.1) is 0 Å². The molecule has 6 heteroatoms. The zero-order valence-electron chi connectivity index (χ0n) is 17.1. The molecule has 4 heterocycles. The molecule has 5 nitrogen and oxygen atoms in total. The smallest absolute Gasteiger partial charge is 0.260 e. The van der Waals surface area contributed by atoms with Crippen LogP contribution in [0.25, 0.3) is 0 Å². The van der Waals surface area contributed by atoms with Crippen LogP contribution >= 0.6 is 0 Å². The summed E-state index contributed by atoms with van der Waals surface area (Å²) in [7, 11) is 0. The molecule has 0 aliphatic carbocycles. The van der Waals surface area contributed by atoms with Crippen LogP contribution in [0.1, 0.15) is 41.6 Å². The fraction of sp³-hybridized carbons (Fsp3) is 0.500. The molecule has 0 spiro atoms. The molecule has 2 bridgehead atoms. The van der Waals surface area contributed by atoms with Crippen molar-refractivity contribution in [2.75, 3.05) is 19.6 Å². The number of hydrogen-bond acceptors (Lipinski definition) is 3. The molecule has 1 N–H and O–H groups in total. The van der Waals surface area contributed by atoms with E-state index in [2.05, 4.69) is 9.88 Å². The number of nitrogens with one attached hydrogen (secondary N) is 1. The van der Waals surface area contributed by atoms with E-state index in [0.29, 0.717) is 30.5 Å². The Labute approximate surface area is 175 Å². The highest BCUT2D eigenvalue weighted by molar-refractivity contribution is 5.93. The molecule has 1 aromatic heterocycles. The van der Waals surface area contributed by atoms with Gasteiger partial charge in [0, 0.05) is 31.4 Å². The number of benzene rings is 1. The molecule has 3 aliphatic heterocycles. The predicted molar refractivity (Wildman–Crippen MR) is 113 cm³/mol. The first-order chi connectivity index (χ1) is 14.6. The Balaban J connectivity index is 1.43. The second-order valence-corrected chi connectivity index (χ2v) is 9.08. The number of pyridine rings is 1. The van der Waals surface area contributed by atoms with Gasteiger partial charge < -0.3 is 9.88 Å². The summed E-state index contributed by atoms with van der Waals surface area (Å²) < 4.78 is 13.8. The van der Waals surface area contributed by atoms with Gasteiger partial charge in [-0.25, -0.2) is 4.39 Å². The van der Waals surface area contributed by atoms with Crippen molar-refractivity contribution in [3.05, 3.63) is 69.9 Å². The fourth-order valence-corrected chi connectivity index (χ4v) is 6.02. The summed E-state index contributed by atoms with van der Waals surface area (Å²) in [6.45, 7) is 2.47. The van der Waals surface area contributed by atoms with Crippen molar-refractivity contribution >= 4 is 5.91 Å². The Morgan fingerprint density at radius 2 is 2.00 bits per heavy atom. The minimum Gasteiger partial charge on any atom is -0.338 e. The first-order valence-corrected chi connectivity index (χ1v) is 11.1. The lowest BCUT2D eigenvalue weighted by atomic mass is 9.71. The van der Waals surface area contributed by atoms with Crippen LogP contribution in [0.15, 0.2) is 47.4 Å². The Bertz CT molecular complexity index is 990. The van der Waals surface area contributed by atoms with Crippen LogP contribution in [0, 0.1) is 17.7 Å². The lowest BCUT2D eigenvalue weighted by Crippen LogP contribution is -2.64. The summed E-state index contributed by atoms with van der Waals surface area (Å²) >= 11 is 0. The molecule has 4 atom stereocenters. The molecule has 0 radical (unpaired) electrons. The highest BCUT2D eigenvalue weighted by Crippen LogP contribution is 2.42. The topological polar surface area (TPSA) is 56.4 Å². The van der Waals surface area contributed by atoms with Gasteiger partial charge in [0.15, 0.2) is 0 Å². The first-order valence-electron chi connectivity index (χ1n) is 11.1. The highest BCUT2D eigenvalue weighted by atomic mass is 19.1. The third-order valence-electron chi connectivity index (χ3n) is 7.29. The number of halogens is 1. The Morgan fingerprint density at radius 3 is 2.83 bits per heavy atom. The number of piperidine rings is 3. The lowest BCUT2D eigenvalue weighted by Gasteiger charge is -2.57. The molecule has 1 aromatic carbocycles. The Hall–Kier alpha value is -2.47. The first kappa shape index (κ1) is 19.5. The van der Waals surface area contributed by atoms with E-state index < -0.39 is 0 Å². The van der Waals surface area contributed by atoms with Crippen LogP contribution in [0.4, 0.5) is 4.39 Å². The third-order valence-corrected chi connectivity index (χ3v) is 7.29. The van der Waals surface area contributed by atoms with Crippen molar-refractivity contribution in [3.63, 3.8) is 0 Å². The maximum absolute atomic E-state index is 13.8. The number of hydrogen-bond donors (Lipinski definition) is 1. The largest absolute Gasteiger partial charge is 0.338 e. The number of H-pyrrole nitrogens is 1. The lowest BCUT2D eigenvalue weighted by molar-refractivity contribution is -0.0642. The van der Waals surface area contributed by atoms with Gasteiger partial charge in [0.25, 0.3) is 11.5 Å². The monoisotopic (exact) mass is 409 g/mol. The number of aromatic amines is 1. The Kier molecular flexibility index (Phi) is 5.19. The number of rotatable bonds is 3. The Morgan fingerprint density at radius 1 is 1.13 bits per heavy atom. The fourth-order valence-electron chi connectivity index (χ4n) is 6.02. The average molecular weight is 410 g/mol. The van der Waals surface area contributed by atoms with Crippen molar-refractivity contribution < 1.29 is 9.18 Å². The van der Waals surface area contributed by atoms with E-state index in [4.69, 9.17) is 0 Å². The molecule has 3 fully saturated rings. The standard InChI is InChI=1S/C24H28FN3O2/c25-19-6-3-5-16(11-19)12-22-18-13-17(21-8-1-2-10-28(21)22)14-27(15-18)24(30)20-7-4-9-26-23(20)29/h3-7,9,11,17-18,21-22H,1-2,8,10,12-15H2,(H,26,29)/t17-,18+,21+,22+/m1/s1. The second kappa shape index (κ2) is 7.99. The minimum absolute atomic E-state index is 0.166. The molecule has 0 saturated carbocycles. The number of nitrogens with zero attached hydrogens (tertiary/aromatic N) is 2. The summed E-state index contributed by atoms with van der Waals surface area (Å²) in [6, 6.07) is 11.0. The van der Waals surface area contributed by atoms with E-state index in [1.807, 2.05) is 11.0 Å². The average Bonchev–Trinajstić information content (AvgIpc) is 2.76. The van der Waals surface area contributed by atoms with Gasteiger partial charge in [-0.3, -0.25) is 14.5 Å². The van der Waals surface area contributed by atoms with E-state index >= 15 is 0 Å². The van der Waals surface area contributed by atoms with E-state index in [1.165, 1.54) is 18.9 Å². The van der Waals surface area contributed by atoms with Crippen LogP contribution in [0.3, 0.4) is 0 Å². The molecule has 2 aromatic rings. The van der Waals surface area contributed by atoms with Gasteiger partial charge in [-0.15, -0.1) is 0 Å².